The van der Waals surface area contributed by atoms with Crippen LogP contribution < -0.4 is 5.73 Å². The van der Waals surface area contributed by atoms with Crippen LogP contribution in [-0.4, -0.2) is 9.55 Å². The van der Waals surface area contributed by atoms with Gasteiger partial charge in [0.1, 0.15) is 5.52 Å². The average Bonchev–Trinajstić information content (AvgIpc) is 2.35. The van der Waals surface area contributed by atoms with Crippen molar-refractivity contribution in [1.29, 1.82) is 0 Å². The highest BCUT2D eigenvalue weighted by atomic mass is 35.5. The monoisotopic (exact) mass is 183 g/mol. The Morgan fingerprint density at radius 3 is 2.83 bits per heavy atom. The Bertz CT molecular complexity index is 394. The van der Waals surface area contributed by atoms with Crippen LogP contribution in [0.15, 0.2) is 24.5 Å². The topological polar surface area (TPSA) is 43.8 Å². The molecule has 0 saturated heterocycles. The lowest BCUT2D eigenvalue weighted by molar-refractivity contribution is 0.948. The van der Waals surface area contributed by atoms with Crippen LogP contribution in [0.5, 0.6) is 0 Å². The van der Waals surface area contributed by atoms with Crippen molar-refractivity contribution < 1.29 is 0 Å². The largest absolute Gasteiger partial charge is 0.397 e. The van der Waals surface area contributed by atoms with E-state index in [0.717, 1.165) is 16.7 Å². The number of nitrogen functional groups attached to an aromatic ring is 1. The number of fused-ring (bicyclic) bond motifs is 1. The molecule has 0 aliphatic heterocycles. The van der Waals surface area contributed by atoms with Gasteiger partial charge in [0.25, 0.3) is 0 Å². The molecule has 2 rings (SSSR count). The standard InChI is InChI=1S/C8H9N3.ClH/c1-11-5-10-8-6(9)3-2-4-7(8)11;/h2-5H,9H2,1H3;1H. The van der Waals surface area contributed by atoms with Crippen molar-refractivity contribution in [1.82, 2.24) is 9.55 Å². The summed E-state index contributed by atoms with van der Waals surface area (Å²) in [6.07, 6.45) is 1.76. The Kier molecular flexibility index (Phi) is 2.24. The van der Waals surface area contributed by atoms with Gasteiger partial charge in [-0.2, -0.15) is 0 Å². The fraction of sp³-hybridized carbons (Fsp3) is 0.125. The zero-order valence-corrected chi connectivity index (χ0v) is 7.51. The fourth-order valence-electron chi connectivity index (χ4n) is 1.18. The van der Waals surface area contributed by atoms with Crippen LogP contribution in [0.3, 0.4) is 0 Å². The van der Waals surface area contributed by atoms with Gasteiger partial charge in [0, 0.05) is 7.05 Å². The number of para-hydroxylation sites is 1. The van der Waals surface area contributed by atoms with E-state index >= 15 is 0 Å². The quantitative estimate of drug-likeness (QED) is 0.631. The molecule has 1 aromatic carbocycles. The summed E-state index contributed by atoms with van der Waals surface area (Å²) in [4.78, 5) is 4.16. The second-order valence-corrected chi connectivity index (χ2v) is 2.57. The fourth-order valence-corrected chi connectivity index (χ4v) is 1.18. The molecule has 4 heteroatoms. The van der Waals surface area contributed by atoms with Gasteiger partial charge in [-0.1, -0.05) is 6.07 Å². The number of rotatable bonds is 0. The summed E-state index contributed by atoms with van der Waals surface area (Å²) >= 11 is 0. The molecule has 0 aliphatic carbocycles. The minimum atomic E-state index is 0. The zero-order chi connectivity index (χ0) is 7.84. The molecule has 1 aromatic heterocycles. The first kappa shape index (κ1) is 8.87. The molecule has 0 fully saturated rings. The van der Waals surface area contributed by atoms with E-state index in [9.17, 15) is 0 Å². The molecule has 0 radical (unpaired) electrons. The SMILES string of the molecule is Cl.Cn1cnc2c(N)cccc21. The minimum Gasteiger partial charge on any atom is -0.397 e. The van der Waals surface area contributed by atoms with Gasteiger partial charge in [0.15, 0.2) is 0 Å². The summed E-state index contributed by atoms with van der Waals surface area (Å²) in [5.41, 5.74) is 8.39. The molecule has 0 aliphatic rings. The van der Waals surface area contributed by atoms with Crippen molar-refractivity contribution in [3.05, 3.63) is 24.5 Å². The molecule has 0 saturated carbocycles. The maximum Gasteiger partial charge on any atom is 0.111 e. The zero-order valence-electron chi connectivity index (χ0n) is 6.69. The van der Waals surface area contributed by atoms with E-state index in [1.807, 2.05) is 29.8 Å². The van der Waals surface area contributed by atoms with E-state index in [-0.39, 0.29) is 12.4 Å². The maximum atomic E-state index is 5.69. The predicted molar refractivity (Wildman–Crippen MR) is 52.4 cm³/mol. The van der Waals surface area contributed by atoms with Crippen LogP contribution in [-0.2, 0) is 7.05 Å². The molecular weight excluding hydrogens is 174 g/mol. The maximum absolute atomic E-state index is 5.69. The van der Waals surface area contributed by atoms with Gasteiger partial charge in [-0.3, -0.25) is 0 Å². The number of halogens is 1. The van der Waals surface area contributed by atoms with E-state index in [2.05, 4.69) is 4.98 Å². The number of aryl methyl sites for hydroxylation is 1. The lowest BCUT2D eigenvalue weighted by Crippen LogP contribution is -1.87. The lowest BCUT2D eigenvalue weighted by atomic mass is 10.3. The highest BCUT2D eigenvalue weighted by molar-refractivity contribution is 5.86. The molecular formula is C8H10ClN3. The number of hydrogen-bond acceptors (Lipinski definition) is 2. The third-order valence-electron chi connectivity index (χ3n) is 1.79. The molecule has 0 spiro atoms. The normalized spacial score (nSPS) is 9.75. The predicted octanol–water partition coefficient (Wildman–Crippen LogP) is 1.58. The summed E-state index contributed by atoms with van der Waals surface area (Å²) in [5.74, 6) is 0. The van der Waals surface area contributed by atoms with Crippen LogP contribution in [0.4, 0.5) is 5.69 Å². The molecule has 0 unspecified atom stereocenters. The Morgan fingerprint density at radius 1 is 1.42 bits per heavy atom. The molecule has 64 valence electrons. The Labute approximate surface area is 76.6 Å². The van der Waals surface area contributed by atoms with E-state index in [1.165, 1.54) is 0 Å². The number of nitrogens with two attached hydrogens (primary N) is 1. The summed E-state index contributed by atoms with van der Waals surface area (Å²) < 4.78 is 1.95. The van der Waals surface area contributed by atoms with Crippen LogP contribution in [0.25, 0.3) is 11.0 Å². The van der Waals surface area contributed by atoms with Gasteiger partial charge in [-0.15, -0.1) is 12.4 Å². The Hall–Kier alpha value is -1.22. The summed E-state index contributed by atoms with van der Waals surface area (Å²) in [6.45, 7) is 0. The van der Waals surface area contributed by atoms with Crippen LogP contribution in [0.2, 0.25) is 0 Å². The van der Waals surface area contributed by atoms with Crippen LogP contribution in [0.1, 0.15) is 0 Å². The Balaban J connectivity index is 0.000000720. The second-order valence-electron chi connectivity index (χ2n) is 2.57. The number of benzene rings is 1. The summed E-state index contributed by atoms with van der Waals surface area (Å²) in [7, 11) is 1.95. The third-order valence-corrected chi connectivity index (χ3v) is 1.79. The smallest absolute Gasteiger partial charge is 0.111 e. The van der Waals surface area contributed by atoms with Gasteiger partial charge in [-0.25, -0.2) is 4.98 Å². The number of anilines is 1. The first-order chi connectivity index (χ1) is 5.29. The first-order valence-corrected chi connectivity index (χ1v) is 3.44. The van der Waals surface area contributed by atoms with Crippen molar-refractivity contribution in [2.24, 2.45) is 7.05 Å². The van der Waals surface area contributed by atoms with Gasteiger partial charge in [0.2, 0.25) is 0 Å². The minimum absolute atomic E-state index is 0. The molecule has 2 aromatic rings. The van der Waals surface area contributed by atoms with Crippen molar-refractivity contribution in [3.8, 4) is 0 Å². The molecule has 2 N–H and O–H groups in total. The van der Waals surface area contributed by atoms with Crippen molar-refractivity contribution >= 4 is 29.1 Å². The molecule has 1 heterocycles. The third kappa shape index (κ3) is 1.12. The van der Waals surface area contributed by atoms with E-state index in [4.69, 9.17) is 5.73 Å². The summed E-state index contributed by atoms with van der Waals surface area (Å²) in [5, 5.41) is 0. The van der Waals surface area contributed by atoms with Gasteiger partial charge < -0.3 is 10.3 Å². The van der Waals surface area contributed by atoms with Crippen LogP contribution in [0, 0.1) is 0 Å². The van der Waals surface area contributed by atoms with E-state index < -0.39 is 0 Å². The molecule has 3 nitrogen and oxygen atoms in total. The molecule has 0 bridgehead atoms. The number of nitrogens with zero attached hydrogens (tertiary/aromatic N) is 2. The number of imidazole rings is 1. The summed E-state index contributed by atoms with van der Waals surface area (Å²) in [6, 6.07) is 5.79. The number of hydrogen-bond donors (Lipinski definition) is 1. The van der Waals surface area contributed by atoms with Gasteiger partial charge in [0.05, 0.1) is 17.5 Å². The van der Waals surface area contributed by atoms with E-state index in [1.54, 1.807) is 6.33 Å². The van der Waals surface area contributed by atoms with Gasteiger partial charge >= 0.3 is 0 Å². The Morgan fingerprint density at radius 2 is 2.17 bits per heavy atom. The highest BCUT2D eigenvalue weighted by Gasteiger charge is 2.00. The number of aromatic nitrogens is 2. The first-order valence-electron chi connectivity index (χ1n) is 3.44. The second kappa shape index (κ2) is 3.03. The van der Waals surface area contributed by atoms with Gasteiger partial charge in [-0.05, 0) is 12.1 Å². The molecule has 0 atom stereocenters. The van der Waals surface area contributed by atoms with Crippen molar-refractivity contribution in [2.45, 2.75) is 0 Å². The highest BCUT2D eigenvalue weighted by Crippen LogP contribution is 2.17. The lowest BCUT2D eigenvalue weighted by Gasteiger charge is -1.94. The molecule has 0 amide bonds. The van der Waals surface area contributed by atoms with E-state index in [0.29, 0.717) is 0 Å². The van der Waals surface area contributed by atoms with Crippen LogP contribution >= 0.6 is 12.4 Å². The van der Waals surface area contributed by atoms with Crippen molar-refractivity contribution in [3.63, 3.8) is 0 Å². The molecule has 12 heavy (non-hydrogen) atoms. The van der Waals surface area contributed by atoms with Crippen molar-refractivity contribution in [2.75, 3.05) is 5.73 Å². The average molecular weight is 184 g/mol.